The summed E-state index contributed by atoms with van der Waals surface area (Å²) in [6.45, 7) is 3.05. The van der Waals surface area contributed by atoms with Gasteiger partial charge in [-0.2, -0.15) is 13.2 Å². The summed E-state index contributed by atoms with van der Waals surface area (Å²) in [5.74, 6) is 0.621. The van der Waals surface area contributed by atoms with Crippen molar-refractivity contribution in [1.82, 2.24) is 9.80 Å². The number of piperidine rings is 1. The molecule has 0 radical (unpaired) electrons. The van der Waals surface area contributed by atoms with Crippen LogP contribution in [0.3, 0.4) is 0 Å². The van der Waals surface area contributed by atoms with Gasteiger partial charge in [-0.05, 0) is 79.6 Å². The van der Waals surface area contributed by atoms with Gasteiger partial charge in [-0.15, -0.1) is 0 Å². The van der Waals surface area contributed by atoms with Gasteiger partial charge in [0.05, 0.1) is 30.2 Å². The van der Waals surface area contributed by atoms with E-state index in [0.717, 1.165) is 42.8 Å². The van der Waals surface area contributed by atoms with Gasteiger partial charge in [-0.25, -0.2) is 0 Å². The summed E-state index contributed by atoms with van der Waals surface area (Å²) in [7, 11) is 3.34. The molecule has 2 bridgehead atoms. The monoisotopic (exact) mass is 660 g/mol. The van der Waals surface area contributed by atoms with E-state index in [1.165, 1.54) is 36.8 Å². The number of likely N-dealkylation sites (tertiary alicyclic amines) is 1. The van der Waals surface area contributed by atoms with Crippen LogP contribution in [0.1, 0.15) is 54.0 Å². The molecule has 2 aliphatic heterocycles. The Hall–Kier alpha value is -4.31. The number of carbonyl (C=O) groups excluding carboxylic acids is 2. The zero-order chi connectivity index (χ0) is 33.8. The quantitative estimate of drug-likeness (QED) is 0.211. The fourth-order valence-electron chi connectivity index (χ4n) is 9.00. The van der Waals surface area contributed by atoms with Crippen LogP contribution in [0.15, 0.2) is 72.8 Å². The van der Waals surface area contributed by atoms with Gasteiger partial charge in [0.25, 0.3) is 0 Å². The molecule has 48 heavy (non-hydrogen) atoms. The smallest absolute Gasteiger partial charge is 0.416 e. The Morgan fingerprint density at radius 2 is 1.81 bits per heavy atom. The SMILES string of the molecule is COc1ccc2c3c1O[C@H]1[C@@H](N(C)C(=O)C=Cc4ccc(C(F)(F)F)cc4)CC[C@@]4(OC(C)=O)[C@@H](C2)N(CCc2ccccc2)CC[C@]314. The van der Waals surface area contributed by atoms with Gasteiger partial charge in [0, 0.05) is 32.2 Å². The largest absolute Gasteiger partial charge is 0.493 e. The fraction of sp³-hybridized carbons (Fsp3) is 0.421. The molecule has 0 unspecified atom stereocenters. The summed E-state index contributed by atoms with van der Waals surface area (Å²) in [6.07, 6.45) is 1.27. The highest BCUT2D eigenvalue weighted by Crippen LogP contribution is 2.67. The van der Waals surface area contributed by atoms with Crippen LogP contribution < -0.4 is 9.47 Å². The number of hydrogen-bond acceptors (Lipinski definition) is 6. The number of esters is 1. The lowest BCUT2D eigenvalue weighted by atomic mass is 9.48. The number of rotatable bonds is 8. The molecule has 2 heterocycles. The van der Waals surface area contributed by atoms with E-state index in [1.54, 1.807) is 19.1 Å². The average Bonchev–Trinajstić information content (AvgIpc) is 3.42. The van der Waals surface area contributed by atoms with Crippen LogP contribution in [0.5, 0.6) is 11.5 Å². The second-order valence-corrected chi connectivity index (χ2v) is 13.4. The number of methoxy groups -OCH3 is 1. The van der Waals surface area contributed by atoms with Gasteiger partial charge in [0.1, 0.15) is 11.7 Å². The van der Waals surface area contributed by atoms with Gasteiger partial charge in [0.15, 0.2) is 11.5 Å². The van der Waals surface area contributed by atoms with E-state index in [2.05, 4.69) is 23.1 Å². The van der Waals surface area contributed by atoms with Gasteiger partial charge < -0.3 is 19.1 Å². The van der Waals surface area contributed by atoms with Crippen molar-refractivity contribution in [2.24, 2.45) is 0 Å². The summed E-state index contributed by atoms with van der Waals surface area (Å²) in [6, 6.07) is 18.6. The second kappa shape index (κ2) is 12.0. The molecule has 2 aliphatic carbocycles. The van der Waals surface area contributed by atoms with Gasteiger partial charge in [-0.1, -0.05) is 48.5 Å². The lowest BCUT2D eigenvalue weighted by molar-refractivity contribution is -0.223. The minimum absolute atomic E-state index is 0.0849. The molecule has 4 aliphatic rings. The summed E-state index contributed by atoms with van der Waals surface area (Å²) in [5, 5.41) is 0. The third-order valence-corrected chi connectivity index (χ3v) is 11.1. The van der Waals surface area contributed by atoms with Crippen LogP contribution in [0.4, 0.5) is 13.2 Å². The van der Waals surface area contributed by atoms with E-state index >= 15 is 0 Å². The maximum Gasteiger partial charge on any atom is 0.416 e. The van der Waals surface area contributed by atoms with Crippen molar-refractivity contribution in [2.45, 2.75) is 74.4 Å². The van der Waals surface area contributed by atoms with Crippen molar-refractivity contribution in [3.8, 4) is 11.5 Å². The number of likely N-dealkylation sites (N-methyl/N-ethyl adjacent to an activating group) is 1. The van der Waals surface area contributed by atoms with Crippen LogP contribution in [-0.2, 0) is 38.8 Å². The Morgan fingerprint density at radius 3 is 2.50 bits per heavy atom. The number of ether oxygens (including phenoxy) is 3. The van der Waals surface area contributed by atoms with E-state index in [0.29, 0.717) is 42.7 Å². The molecule has 10 heteroatoms. The first kappa shape index (κ1) is 32.2. The molecule has 1 saturated heterocycles. The van der Waals surface area contributed by atoms with Crippen molar-refractivity contribution in [3.05, 3.63) is 101 Å². The summed E-state index contributed by atoms with van der Waals surface area (Å²) in [5.41, 5.74) is 1.57. The van der Waals surface area contributed by atoms with Crippen molar-refractivity contribution in [2.75, 3.05) is 27.2 Å². The number of halogens is 3. The molecule has 1 saturated carbocycles. The highest BCUT2D eigenvalue weighted by atomic mass is 19.4. The Morgan fingerprint density at radius 1 is 1.06 bits per heavy atom. The third-order valence-electron chi connectivity index (χ3n) is 11.1. The predicted octanol–water partition coefficient (Wildman–Crippen LogP) is 6.22. The number of carbonyl (C=O) groups is 2. The highest BCUT2D eigenvalue weighted by molar-refractivity contribution is 5.92. The summed E-state index contributed by atoms with van der Waals surface area (Å²) in [4.78, 5) is 30.8. The highest BCUT2D eigenvalue weighted by Gasteiger charge is 2.75. The van der Waals surface area contributed by atoms with Gasteiger partial charge >= 0.3 is 12.1 Å². The molecule has 5 atom stereocenters. The average molecular weight is 661 g/mol. The predicted molar refractivity (Wildman–Crippen MR) is 174 cm³/mol. The van der Waals surface area contributed by atoms with Gasteiger partial charge in [0.2, 0.25) is 5.91 Å². The fourth-order valence-corrected chi connectivity index (χ4v) is 9.00. The zero-order valence-electron chi connectivity index (χ0n) is 27.3. The van der Waals surface area contributed by atoms with E-state index in [-0.39, 0.29) is 24.0 Å². The third kappa shape index (κ3) is 5.07. The van der Waals surface area contributed by atoms with Gasteiger partial charge in [-0.3, -0.25) is 14.5 Å². The molecule has 3 aromatic rings. The molecule has 1 amide bonds. The van der Waals surface area contributed by atoms with Crippen LogP contribution >= 0.6 is 0 Å². The molecule has 0 N–H and O–H groups in total. The first-order valence-corrected chi connectivity index (χ1v) is 16.5. The first-order chi connectivity index (χ1) is 23.0. The Bertz CT molecular complexity index is 1740. The van der Waals surface area contributed by atoms with Crippen molar-refractivity contribution in [3.63, 3.8) is 0 Å². The standard InChI is InChI=1S/C38H39F3N2O5/c1-24(44)48-37-19-17-29(42(2)32(45)16-11-26-9-13-28(14-10-26)38(39,40)41)35-36(37)20-22-43(21-18-25-7-5-4-6-8-25)31(37)23-27-12-15-30(46-3)34(47-35)33(27)36/h4-16,29,31,35H,17-23H2,1-3H3/t29-,31+,35-,36-,37+/m0/s1. The van der Waals surface area contributed by atoms with Crippen LogP contribution in [0.25, 0.3) is 6.08 Å². The minimum Gasteiger partial charge on any atom is -0.493 e. The lowest BCUT2D eigenvalue weighted by Crippen LogP contribution is -2.79. The van der Waals surface area contributed by atoms with E-state index in [1.807, 2.05) is 24.3 Å². The summed E-state index contributed by atoms with van der Waals surface area (Å²) >= 11 is 0. The van der Waals surface area contributed by atoms with E-state index in [4.69, 9.17) is 14.2 Å². The van der Waals surface area contributed by atoms with Crippen molar-refractivity contribution >= 4 is 18.0 Å². The molecular formula is C38H39F3N2O5. The second-order valence-electron chi connectivity index (χ2n) is 13.4. The molecule has 7 nitrogen and oxygen atoms in total. The Balaban J connectivity index is 1.24. The molecule has 1 spiro atoms. The first-order valence-electron chi connectivity index (χ1n) is 16.5. The maximum absolute atomic E-state index is 13.7. The number of amides is 1. The topological polar surface area (TPSA) is 68.3 Å². The molecular weight excluding hydrogens is 621 g/mol. The van der Waals surface area contributed by atoms with Crippen LogP contribution in [0, 0.1) is 0 Å². The molecule has 2 fully saturated rings. The van der Waals surface area contributed by atoms with E-state index in [9.17, 15) is 22.8 Å². The molecule has 0 aromatic heterocycles. The Kier molecular flexibility index (Phi) is 8.05. The normalized spacial score (nSPS) is 27.2. The lowest BCUT2D eigenvalue weighted by Gasteiger charge is -2.65. The molecule has 7 rings (SSSR count). The summed E-state index contributed by atoms with van der Waals surface area (Å²) < 4.78 is 58.4. The van der Waals surface area contributed by atoms with Crippen molar-refractivity contribution in [1.29, 1.82) is 0 Å². The number of alkyl halides is 3. The minimum atomic E-state index is -4.43. The Labute approximate surface area is 278 Å². The zero-order valence-corrected chi connectivity index (χ0v) is 27.3. The molecule has 3 aromatic carbocycles. The number of benzene rings is 3. The number of nitrogens with zero attached hydrogens (tertiary/aromatic N) is 2. The van der Waals surface area contributed by atoms with Crippen LogP contribution in [-0.4, -0.2) is 72.7 Å². The maximum atomic E-state index is 13.7. The molecule has 252 valence electrons. The van der Waals surface area contributed by atoms with Crippen molar-refractivity contribution < 1.29 is 37.0 Å². The number of hydrogen-bond donors (Lipinski definition) is 0. The van der Waals surface area contributed by atoms with E-state index < -0.39 is 28.9 Å². The van der Waals surface area contributed by atoms with Crippen LogP contribution in [0.2, 0.25) is 0 Å².